The largest absolute Gasteiger partial charge is 0.438 e. The molecule has 0 fully saturated rings. The highest BCUT2D eigenvalue weighted by Crippen LogP contribution is 2.39. The number of pyridine rings is 1. The predicted molar refractivity (Wildman–Crippen MR) is 112 cm³/mol. The number of nitrogens with zero attached hydrogens (tertiary/aromatic N) is 3. The van der Waals surface area contributed by atoms with Crippen LogP contribution >= 0.6 is 11.6 Å². The summed E-state index contributed by atoms with van der Waals surface area (Å²) >= 11 is 6.10. The lowest BCUT2D eigenvalue weighted by molar-refractivity contribution is 0.382. The van der Waals surface area contributed by atoms with Crippen LogP contribution in [0.2, 0.25) is 5.02 Å². The van der Waals surface area contributed by atoms with Crippen LogP contribution in [0.3, 0.4) is 0 Å². The summed E-state index contributed by atoms with van der Waals surface area (Å²) in [5.41, 5.74) is 5.20. The van der Waals surface area contributed by atoms with Gasteiger partial charge in [-0.3, -0.25) is 4.99 Å². The SMILES string of the molecule is Cc1noc2c1-c1ccnc(Oc3ccccc3)c1C(c1ccc(Cl)cc1)=NC2. The minimum atomic E-state index is 0.383. The smallest absolute Gasteiger partial charge is 0.229 e. The third-order valence-corrected chi connectivity index (χ3v) is 5.06. The van der Waals surface area contributed by atoms with Crippen LogP contribution in [0.1, 0.15) is 22.6 Å². The van der Waals surface area contributed by atoms with Gasteiger partial charge in [-0.1, -0.05) is 47.1 Å². The highest BCUT2D eigenvalue weighted by molar-refractivity contribution is 6.30. The molecule has 3 heterocycles. The van der Waals surface area contributed by atoms with Crippen LogP contribution in [0.5, 0.6) is 11.6 Å². The number of para-hydroxylation sites is 1. The van der Waals surface area contributed by atoms with Gasteiger partial charge >= 0.3 is 0 Å². The monoisotopic (exact) mass is 401 g/mol. The standard InChI is InChI=1S/C23H16ClN3O2/c1-14-20-18-11-12-25-23(28-17-5-3-2-4-6-17)21(18)22(26-13-19(20)29-27-14)15-7-9-16(24)10-8-15/h2-12H,13H2,1H3. The van der Waals surface area contributed by atoms with E-state index in [2.05, 4.69) is 10.1 Å². The summed E-state index contributed by atoms with van der Waals surface area (Å²) in [4.78, 5) is 9.37. The van der Waals surface area contributed by atoms with Gasteiger partial charge in [0.15, 0.2) is 5.76 Å². The van der Waals surface area contributed by atoms with E-state index < -0.39 is 0 Å². The summed E-state index contributed by atoms with van der Waals surface area (Å²) in [6, 6.07) is 19.1. The van der Waals surface area contributed by atoms with Crippen molar-refractivity contribution < 1.29 is 9.26 Å². The maximum atomic E-state index is 6.17. The van der Waals surface area contributed by atoms with Crippen molar-refractivity contribution in [2.24, 2.45) is 4.99 Å². The molecule has 1 aliphatic heterocycles. The Morgan fingerprint density at radius 3 is 2.55 bits per heavy atom. The zero-order chi connectivity index (χ0) is 19.8. The summed E-state index contributed by atoms with van der Waals surface area (Å²) in [5, 5.41) is 4.81. The fraction of sp³-hybridized carbons (Fsp3) is 0.0870. The molecule has 2 aromatic carbocycles. The van der Waals surface area contributed by atoms with E-state index in [1.54, 1.807) is 6.20 Å². The molecule has 0 bridgehead atoms. The number of aromatic nitrogens is 2. The van der Waals surface area contributed by atoms with Gasteiger partial charge in [0.25, 0.3) is 0 Å². The number of ether oxygens (including phenoxy) is 1. The lowest BCUT2D eigenvalue weighted by atomic mass is 9.94. The molecule has 0 spiro atoms. The molecule has 0 N–H and O–H groups in total. The molecule has 5 nitrogen and oxygen atoms in total. The fourth-order valence-electron chi connectivity index (χ4n) is 3.50. The Bertz CT molecular complexity index is 1210. The van der Waals surface area contributed by atoms with Crippen LogP contribution in [0.4, 0.5) is 0 Å². The number of aliphatic imine (C=N–C) groups is 1. The summed E-state index contributed by atoms with van der Waals surface area (Å²) in [6.07, 6.45) is 1.73. The zero-order valence-corrected chi connectivity index (χ0v) is 16.3. The minimum Gasteiger partial charge on any atom is -0.438 e. The molecule has 4 aromatic rings. The first-order valence-electron chi connectivity index (χ1n) is 9.19. The van der Waals surface area contributed by atoms with Crippen LogP contribution in [0.25, 0.3) is 11.1 Å². The molecule has 5 rings (SSSR count). The summed E-state index contributed by atoms with van der Waals surface area (Å²) in [7, 11) is 0. The van der Waals surface area contributed by atoms with Crippen LogP contribution in [-0.2, 0) is 6.54 Å². The van der Waals surface area contributed by atoms with Gasteiger partial charge in [-0.15, -0.1) is 0 Å². The first-order valence-corrected chi connectivity index (χ1v) is 9.56. The molecule has 0 unspecified atom stereocenters. The molecule has 142 valence electrons. The third-order valence-electron chi connectivity index (χ3n) is 4.81. The van der Waals surface area contributed by atoms with Gasteiger partial charge in [0.1, 0.15) is 12.3 Å². The Hall–Kier alpha value is -3.44. The first kappa shape index (κ1) is 17.6. The molecule has 0 aliphatic carbocycles. The van der Waals surface area contributed by atoms with Gasteiger partial charge in [0.05, 0.1) is 22.5 Å². The molecule has 0 atom stereocenters. The fourth-order valence-corrected chi connectivity index (χ4v) is 3.63. The summed E-state index contributed by atoms with van der Waals surface area (Å²) in [5.74, 6) is 1.91. The van der Waals surface area contributed by atoms with Crippen molar-refractivity contribution in [3.8, 4) is 22.8 Å². The number of hydrogen-bond donors (Lipinski definition) is 0. The van der Waals surface area contributed by atoms with E-state index in [4.69, 9.17) is 25.9 Å². The van der Waals surface area contributed by atoms with Crippen molar-refractivity contribution in [2.75, 3.05) is 0 Å². The van der Waals surface area contributed by atoms with Crippen molar-refractivity contribution in [3.63, 3.8) is 0 Å². The van der Waals surface area contributed by atoms with Crippen LogP contribution in [0, 0.1) is 6.92 Å². The van der Waals surface area contributed by atoms with Crippen LogP contribution in [-0.4, -0.2) is 15.9 Å². The second kappa shape index (κ2) is 7.18. The number of benzene rings is 2. The molecule has 6 heteroatoms. The van der Waals surface area contributed by atoms with Gasteiger partial charge in [0.2, 0.25) is 5.88 Å². The van der Waals surface area contributed by atoms with Crippen molar-refractivity contribution in [1.29, 1.82) is 0 Å². The normalized spacial score (nSPS) is 12.6. The maximum Gasteiger partial charge on any atom is 0.229 e. The van der Waals surface area contributed by atoms with Crippen molar-refractivity contribution in [2.45, 2.75) is 13.5 Å². The quantitative estimate of drug-likeness (QED) is 0.432. The lowest BCUT2D eigenvalue weighted by Crippen LogP contribution is -2.08. The van der Waals surface area contributed by atoms with Crippen molar-refractivity contribution in [3.05, 3.63) is 94.5 Å². The molecule has 0 saturated heterocycles. The van der Waals surface area contributed by atoms with Gasteiger partial charge in [0, 0.05) is 22.3 Å². The molecule has 1 aliphatic rings. The third kappa shape index (κ3) is 3.19. The molecular weight excluding hydrogens is 386 g/mol. The number of hydrogen-bond acceptors (Lipinski definition) is 5. The lowest BCUT2D eigenvalue weighted by Gasteiger charge is -2.15. The highest BCUT2D eigenvalue weighted by atomic mass is 35.5. The highest BCUT2D eigenvalue weighted by Gasteiger charge is 2.27. The second-order valence-electron chi connectivity index (χ2n) is 6.69. The van der Waals surface area contributed by atoms with E-state index in [-0.39, 0.29) is 0 Å². The van der Waals surface area contributed by atoms with Crippen molar-refractivity contribution in [1.82, 2.24) is 10.1 Å². The van der Waals surface area contributed by atoms with Gasteiger partial charge in [-0.2, -0.15) is 0 Å². The topological polar surface area (TPSA) is 60.5 Å². The number of halogens is 1. The summed E-state index contributed by atoms with van der Waals surface area (Å²) < 4.78 is 11.7. The Labute approximate surface area is 172 Å². The van der Waals surface area contributed by atoms with E-state index >= 15 is 0 Å². The zero-order valence-electron chi connectivity index (χ0n) is 15.6. The first-order chi connectivity index (χ1) is 14.2. The van der Waals surface area contributed by atoms with E-state index in [0.29, 0.717) is 23.2 Å². The van der Waals surface area contributed by atoms with E-state index in [9.17, 15) is 0 Å². The molecule has 0 saturated carbocycles. The number of fused-ring (bicyclic) bond motifs is 3. The van der Waals surface area contributed by atoms with Crippen LogP contribution < -0.4 is 4.74 Å². The molecule has 0 radical (unpaired) electrons. The van der Waals surface area contributed by atoms with E-state index in [1.807, 2.05) is 67.6 Å². The Morgan fingerprint density at radius 2 is 1.76 bits per heavy atom. The van der Waals surface area contributed by atoms with E-state index in [0.717, 1.165) is 39.4 Å². The average Bonchev–Trinajstić information content (AvgIpc) is 3.01. The van der Waals surface area contributed by atoms with Gasteiger partial charge in [-0.25, -0.2) is 4.98 Å². The molecule has 2 aromatic heterocycles. The number of rotatable bonds is 3. The van der Waals surface area contributed by atoms with Crippen molar-refractivity contribution >= 4 is 17.3 Å². The maximum absolute atomic E-state index is 6.17. The van der Waals surface area contributed by atoms with Crippen LogP contribution in [0.15, 0.2) is 76.4 Å². The van der Waals surface area contributed by atoms with Gasteiger partial charge < -0.3 is 9.26 Å². The Balaban J connectivity index is 1.74. The number of aryl methyl sites for hydroxylation is 1. The van der Waals surface area contributed by atoms with Gasteiger partial charge in [-0.05, 0) is 37.3 Å². The Morgan fingerprint density at radius 1 is 0.966 bits per heavy atom. The minimum absolute atomic E-state index is 0.383. The average molecular weight is 402 g/mol. The second-order valence-corrected chi connectivity index (χ2v) is 7.13. The molecule has 29 heavy (non-hydrogen) atoms. The molecular formula is C23H16ClN3O2. The molecule has 0 amide bonds. The van der Waals surface area contributed by atoms with E-state index in [1.165, 1.54) is 0 Å². The summed E-state index contributed by atoms with van der Waals surface area (Å²) in [6.45, 7) is 2.31. The Kier molecular flexibility index (Phi) is 4.37. The predicted octanol–water partition coefficient (Wildman–Crippen LogP) is 5.84.